The molecule has 1 atom stereocenters. The molecule has 1 aliphatic rings. The Morgan fingerprint density at radius 3 is 2.90 bits per heavy atom. The molecule has 1 saturated heterocycles. The molecule has 9 heteroatoms. The summed E-state index contributed by atoms with van der Waals surface area (Å²) >= 11 is 0. The van der Waals surface area contributed by atoms with E-state index in [1.54, 1.807) is 16.9 Å². The molecule has 0 bridgehead atoms. The molecule has 0 saturated carbocycles. The van der Waals surface area contributed by atoms with Crippen LogP contribution in [0.15, 0.2) is 30.7 Å². The average Bonchev–Trinajstić information content (AvgIpc) is 3.41. The topological polar surface area (TPSA) is 98.4 Å². The minimum atomic E-state index is -0.265. The third-order valence-electron chi connectivity index (χ3n) is 5.27. The van der Waals surface area contributed by atoms with Crippen LogP contribution in [0, 0.1) is 13.8 Å². The van der Waals surface area contributed by atoms with Gasteiger partial charge in [-0.3, -0.25) is 14.5 Å². The van der Waals surface area contributed by atoms with E-state index in [0.717, 1.165) is 42.0 Å². The Labute approximate surface area is 173 Å². The van der Waals surface area contributed by atoms with Crippen molar-refractivity contribution < 1.29 is 9.53 Å². The highest BCUT2D eigenvalue weighted by atomic mass is 16.5. The quantitative estimate of drug-likeness (QED) is 0.540. The number of anilines is 1. The van der Waals surface area contributed by atoms with Crippen LogP contribution in [0.3, 0.4) is 0 Å². The zero-order valence-electron chi connectivity index (χ0n) is 17.1. The molecule has 4 aromatic rings. The Bertz CT molecular complexity index is 1270. The van der Waals surface area contributed by atoms with E-state index in [2.05, 4.69) is 25.7 Å². The highest BCUT2D eigenvalue weighted by molar-refractivity contribution is 6.12. The smallest absolute Gasteiger partial charge is 0.259 e. The normalized spacial score (nSPS) is 16.4. The SMILES string of the molecule is Cc1cn2cc(NC(=O)c3ccc(OC4CCNC4)c4cn(C)nc34)nc2c(C)n1. The van der Waals surface area contributed by atoms with Crippen LogP contribution in [0.1, 0.15) is 28.2 Å². The van der Waals surface area contributed by atoms with Crippen LogP contribution >= 0.6 is 0 Å². The summed E-state index contributed by atoms with van der Waals surface area (Å²) in [5, 5.41) is 11.5. The number of benzene rings is 1. The highest BCUT2D eigenvalue weighted by Gasteiger charge is 2.21. The number of carbonyl (C=O) groups is 1. The molecule has 0 radical (unpaired) electrons. The number of imidazole rings is 1. The molecule has 30 heavy (non-hydrogen) atoms. The van der Waals surface area contributed by atoms with Crippen LogP contribution in [0.5, 0.6) is 5.75 Å². The third-order valence-corrected chi connectivity index (χ3v) is 5.27. The summed E-state index contributed by atoms with van der Waals surface area (Å²) in [5.41, 5.74) is 3.50. The van der Waals surface area contributed by atoms with Crippen molar-refractivity contribution in [3.05, 3.63) is 47.7 Å². The van der Waals surface area contributed by atoms with E-state index in [0.29, 0.717) is 22.5 Å². The van der Waals surface area contributed by atoms with Crippen molar-refractivity contribution >= 4 is 28.3 Å². The highest BCUT2D eigenvalue weighted by Crippen LogP contribution is 2.29. The Hall–Kier alpha value is -3.46. The molecule has 4 heterocycles. The van der Waals surface area contributed by atoms with Crippen molar-refractivity contribution in [1.82, 2.24) is 29.5 Å². The molecule has 1 amide bonds. The van der Waals surface area contributed by atoms with Crippen LogP contribution in [0.4, 0.5) is 5.82 Å². The molecule has 3 aromatic heterocycles. The van der Waals surface area contributed by atoms with Crippen LogP contribution < -0.4 is 15.4 Å². The Morgan fingerprint density at radius 1 is 1.23 bits per heavy atom. The third kappa shape index (κ3) is 3.26. The molecule has 1 unspecified atom stereocenters. The summed E-state index contributed by atoms with van der Waals surface area (Å²) < 4.78 is 9.72. The fourth-order valence-electron chi connectivity index (χ4n) is 3.94. The summed E-state index contributed by atoms with van der Waals surface area (Å²) in [6.45, 7) is 5.60. The van der Waals surface area contributed by atoms with Gasteiger partial charge in [0.25, 0.3) is 5.91 Å². The fourth-order valence-corrected chi connectivity index (χ4v) is 3.94. The molecule has 9 nitrogen and oxygen atoms in total. The number of hydrogen-bond donors (Lipinski definition) is 2. The van der Waals surface area contributed by atoms with Gasteiger partial charge in [0.1, 0.15) is 17.4 Å². The second-order valence-electron chi connectivity index (χ2n) is 7.69. The number of carbonyl (C=O) groups excluding carboxylic acids is 1. The number of aromatic nitrogens is 5. The van der Waals surface area contributed by atoms with Gasteiger partial charge in [-0.2, -0.15) is 5.10 Å². The maximum atomic E-state index is 13.0. The van der Waals surface area contributed by atoms with Gasteiger partial charge in [-0.25, -0.2) is 4.98 Å². The van der Waals surface area contributed by atoms with Crippen molar-refractivity contribution in [3.8, 4) is 5.75 Å². The monoisotopic (exact) mass is 405 g/mol. The molecular weight excluding hydrogens is 382 g/mol. The molecule has 1 aliphatic heterocycles. The summed E-state index contributed by atoms with van der Waals surface area (Å²) in [5.74, 6) is 0.948. The van der Waals surface area contributed by atoms with Gasteiger partial charge in [-0.1, -0.05) is 0 Å². The van der Waals surface area contributed by atoms with Crippen molar-refractivity contribution in [2.24, 2.45) is 7.05 Å². The Balaban J connectivity index is 1.47. The molecule has 2 N–H and O–H groups in total. The summed E-state index contributed by atoms with van der Waals surface area (Å²) in [6, 6.07) is 3.60. The fraction of sp³-hybridized carbons (Fsp3) is 0.333. The van der Waals surface area contributed by atoms with Gasteiger partial charge in [0.15, 0.2) is 11.5 Å². The second-order valence-corrected chi connectivity index (χ2v) is 7.69. The molecule has 1 aromatic carbocycles. The van der Waals surface area contributed by atoms with Crippen molar-refractivity contribution in [3.63, 3.8) is 0 Å². The van der Waals surface area contributed by atoms with Crippen molar-refractivity contribution in [1.29, 1.82) is 0 Å². The van der Waals surface area contributed by atoms with Crippen LogP contribution in [0.2, 0.25) is 0 Å². The first-order chi connectivity index (χ1) is 14.5. The van der Waals surface area contributed by atoms with Crippen LogP contribution in [0.25, 0.3) is 16.6 Å². The Kier molecular flexibility index (Phi) is 4.39. The molecule has 154 valence electrons. The number of aryl methyl sites for hydroxylation is 3. The van der Waals surface area contributed by atoms with Gasteiger partial charge in [0, 0.05) is 26.0 Å². The number of hydrogen-bond acceptors (Lipinski definition) is 6. The largest absolute Gasteiger partial charge is 0.488 e. The van der Waals surface area contributed by atoms with Gasteiger partial charge < -0.3 is 19.8 Å². The Morgan fingerprint density at radius 2 is 2.10 bits per heavy atom. The standard InChI is InChI=1S/C21H23N7O2/c1-12-9-28-11-18(24-20(28)13(2)23-12)25-21(29)15-4-5-17(30-14-6-7-22-8-14)16-10-27(3)26-19(15)16/h4-5,9-11,14,22H,6-8H2,1-3H3,(H,25,29). The predicted molar refractivity (Wildman–Crippen MR) is 113 cm³/mol. The van der Waals surface area contributed by atoms with E-state index in [1.807, 2.05) is 43.8 Å². The van der Waals surface area contributed by atoms with E-state index in [-0.39, 0.29) is 12.0 Å². The maximum Gasteiger partial charge on any atom is 0.259 e. The molecular formula is C21H23N7O2. The first kappa shape index (κ1) is 18.6. The van der Waals surface area contributed by atoms with E-state index in [9.17, 15) is 4.79 Å². The number of nitrogens with zero attached hydrogens (tertiary/aromatic N) is 5. The number of rotatable bonds is 4. The molecule has 5 rings (SSSR count). The number of ether oxygens (including phenoxy) is 1. The molecule has 0 spiro atoms. The summed E-state index contributed by atoms with van der Waals surface area (Å²) in [7, 11) is 1.84. The van der Waals surface area contributed by atoms with E-state index >= 15 is 0 Å². The molecule has 1 fully saturated rings. The maximum absolute atomic E-state index is 13.0. The van der Waals surface area contributed by atoms with E-state index < -0.39 is 0 Å². The number of amides is 1. The first-order valence-electron chi connectivity index (χ1n) is 9.96. The van der Waals surface area contributed by atoms with Gasteiger partial charge in [0.05, 0.1) is 28.5 Å². The van der Waals surface area contributed by atoms with Gasteiger partial charge in [-0.15, -0.1) is 0 Å². The zero-order chi connectivity index (χ0) is 20.8. The van der Waals surface area contributed by atoms with Gasteiger partial charge >= 0.3 is 0 Å². The first-order valence-corrected chi connectivity index (χ1v) is 9.96. The average molecular weight is 405 g/mol. The van der Waals surface area contributed by atoms with Crippen LogP contribution in [-0.2, 0) is 7.05 Å². The summed E-state index contributed by atoms with van der Waals surface area (Å²) in [4.78, 5) is 22.0. The van der Waals surface area contributed by atoms with Crippen molar-refractivity contribution in [2.75, 3.05) is 18.4 Å². The van der Waals surface area contributed by atoms with E-state index in [1.165, 1.54) is 0 Å². The summed E-state index contributed by atoms with van der Waals surface area (Å²) in [6.07, 6.45) is 6.64. The number of nitrogens with one attached hydrogen (secondary N) is 2. The van der Waals surface area contributed by atoms with E-state index in [4.69, 9.17) is 4.74 Å². The lowest BCUT2D eigenvalue weighted by molar-refractivity contribution is 0.102. The van der Waals surface area contributed by atoms with Gasteiger partial charge in [-0.05, 0) is 38.9 Å². The lowest BCUT2D eigenvalue weighted by Gasteiger charge is -2.14. The van der Waals surface area contributed by atoms with Gasteiger partial charge in [0.2, 0.25) is 0 Å². The van der Waals surface area contributed by atoms with Crippen LogP contribution in [-0.4, -0.2) is 49.2 Å². The predicted octanol–water partition coefficient (Wildman–Crippen LogP) is 2.23. The molecule has 0 aliphatic carbocycles. The lowest BCUT2D eigenvalue weighted by atomic mass is 10.1. The van der Waals surface area contributed by atoms with Crippen molar-refractivity contribution in [2.45, 2.75) is 26.4 Å². The number of fused-ring (bicyclic) bond motifs is 2. The lowest BCUT2D eigenvalue weighted by Crippen LogP contribution is -2.20. The minimum Gasteiger partial charge on any atom is -0.488 e. The minimum absolute atomic E-state index is 0.131. The zero-order valence-corrected chi connectivity index (χ0v) is 17.1. The second kappa shape index (κ2) is 7.10.